The number of Topliss-reactive ketones (excluding diaryl/α,β-unsaturated/α-hetero) is 1. The summed E-state index contributed by atoms with van der Waals surface area (Å²) in [5.41, 5.74) is 0.622. The highest BCUT2D eigenvalue weighted by Crippen LogP contribution is 2.41. The summed E-state index contributed by atoms with van der Waals surface area (Å²) >= 11 is 0. The second-order valence-corrected chi connectivity index (χ2v) is 12.6. The quantitative estimate of drug-likeness (QED) is 0.112. The number of hydrogen-bond acceptors (Lipinski definition) is 9. The van der Waals surface area contributed by atoms with Crippen molar-refractivity contribution in [2.24, 2.45) is 17.8 Å². The van der Waals surface area contributed by atoms with Crippen LogP contribution in [0.4, 0.5) is 5.69 Å². The molecule has 0 unspecified atom stereocenters. The molecule has 0 N–H and O–H groups in total. The predicted octanol–water partition coefficient (Wildman–Crippen LogP) is 4.33. The van der Waals surface area contributed by atoms with Crippen molar-refractivity contribution in [3.05, 3.63) is 99.6 Å². The Balaban J connectivity index is 1.40. The van der Waals surface area contributed by atoms with Gasteiger partial charge in [0.05, 0.1) is 16.8 Å². The molecule has 0 bridgehead atoms. The predicted molar refractivity (Wildman–Crippen MR) is 156 cm³/mol. The van der Waals surface area contributed by atoms with Crippen LogP contribution in [0.25, 0.3) is 0 Å². The van der Waals surface area contributed by atoms with Gasteiger partial charge < -0.3 is 4.18 Å². The minimum absolute atomic E-state index is 0.0430. The largest absolute Gasteiger partial charge is 0.379 e. The lowest BCUT2D eigenvalue weighted by Crippen LogP contribution is -2.52. The minimum Gasteiger partial charge on any atom is -0.379 e. The number of fused-ring (bicyclic) bond motifs is 1. The Kier molecular flexibility index (Phi) is 8.33. The van der Waals surface area contributed by atoms with Crippen molar-refractivity contribution < 1.29 is 36.7 Å². The van der Waals surface area contributed by atoms with E-state index in [1.54, 1.807) is 12.1 Å². The molecule has 3 amide bonds. The van der Waals surface area contributed by atoms with Gasteiger partial charge in [0.1, 0.15) is 17.2 Å². The normalized spacial score (nSPS) is 19.8. The van der Waals surface area contributed by atoms with Crippen molar-refractivity contribution in [1.82, 2.24) is 10.0 Å². The summed E-state index contributed by atoms with van der Waals surface area (Å²) < 4.78 is 30.5. The van der Waals surface area contributed by atoms with Crippen LogP contribution in [-0.4, -0.2) is 53.4 Å². The molecular weight excluding hydrogens is 590 g/mol. The van der Waals surface area contributed by atoms with Gasteiger partial charge in [-0.15, -0.1) is 0 Å². The molecule has 0 radical (unpaired) electrons. The first-order valence-electron chi connectivity index (χ1n) is 13.9. The van der Waals surface area contributed by atoms with Gasteiger partial charge >= 0.3 is 10.1 Å². The molecule has 2 fully saturated rings. The Bertz CT molecular complexity index is 1740. The molecule has 1 saturated heterocycles. The summed E-state index contributed by atoms with van der Waals surface area (Å²) in [6, 6.07) is 15.9. The summed E-state index contributed by atoms with van der Waals surface area (Å²) in [7, 11) is -4.13. The lowest BCUT2D eigenvalue weighted by molar-refractivity contribution is -0.384. The summed E-state index contributed by atoms with van der Waals surface area (Å²) in [5.74, 6) is -3.69. The van der Waals surface area contributed by atoms with Crippen molar-refractivity contribution in [3.63, 3.8) is 0 Å². The molecular formula is C31H29N3O9S. The SMILES string of the molecule is Cc1ccc(S(=O)(=O)Oc2ccc(C(=O)CN(C(=O)c3ccc([N+](=O)[O-])cc3)N3C(=O)[C@@H]4CC[C@@H](C)C[C@H]4C3=O)cc2)cc1. The third-order valence-corrected chi connectivity index (χ3v) is 9.21. The number of carbonyl (C=O) groups excluding carboxylic acids is 4. The number of aryl methyl sites for hydroxylation is 1. The molecule has 2 aliphatic rings. The molecule has 3 atom stereocenters. The molecule has 12 nitrogen and oxygen atoms in total. The molecule has 0 aromatic heterocycles. The molecule has 228 valence electrons. The average molecular weight is 620 g/mol. The van der Waals surface area contributed by atoms with Gasteiger partial charge in [-0.1, -0.05) is 24.6 Å². The number of nitro groups is 1. The molecule has 13 heteroatoms. The molecule has 0 spiro atoms. The van der Waals surface area contributed by atoms with Crippen molar-refractivity contribution in [2.45, 2.75) is 38.0 Å². The Morgan fingerprint density at radius 3 is 2.11 bits per heavy atom. The first-order chi connectivity index (χ1) is 20.9. The van der Waals surface area contributed by atoms with Gasteiger partial charge in [-0.2, -0.15) is 13.4 Å². The fourth-order valence-electron chi connectivity index (χ4n) is 5.52. The number of non-ortho nitro benzene ring substituents is 1. The van der Waals surface area contributed by atoms with Crippen LogP contribution in [0.15, 0.2) is 77.7 Å². The van der Waals surface area contributed by atoms with E-state index >= 15 is 0 Å². The van der Waals surface area contributed by atoms with E-state index in [4.69, 9.17) is 4.18 Å². The van der Waals surface area contributed by atoms with Gasteiger partial charge in [0.15, 0.2) is 5.78 Å². The Morgan fingerprint density at radius 2 is 1.50 bits per heavy atom. The minimum atomic E-state index is -4.13. The van der Waals surface area contributed by atoms with E-state index in [0.717, 1.165) is 34.1 Å². The summed E-state index contributed by atoms with van der Waals surface area (Å²) in [6.45, 7) is 3.11. The number of benzene rings is 3. The van der Waals surface area contributed by atoms with E-state index in [2.05, 4.69) is 0 Å². The molecule has 5 rings (SSSR count). The zero-order valence-corrected chi connectivity index (χ0v) is 24.7. The summed E-state index contributed by atoms with van der Waals surface area (Å²) in [5, 5.41) is 12.6. The number of amides is 3. The second kappa shape index (κ2) is 12.0. The van der Waals surface area contributed by atoms with E-state index in [1.807, 2.05) is 13.8 Å². The lowest BCUT2D eigenvalue weighted by atomic mass is 9.76. The average Bonchev–Trinajstić information content (AvgIpc) is 3.24. The van der Waals surface area contributed by atoms with E-state index < -0.39 is 56.9 Å². The molecule has 3 aromatic rings. The highest BCUT2D eigenvalue weighted by Gasteiger charge is 2.52. The molecule has 3 aromatic carbocycles. The fourth-order valence-corrected chi connectivity index (χ4v) is 6.45. The number of carbonyl (C=O) groups is 4. The van der Waals surface area contributed by atoms with Gasteiger partial charge in [0.2, 0.25) is 0 Å². The third kappa shape index (κ3) is 6.09. The van der Waals surface area contributed by atoms with Crippen molar-refractivity contribution in [2.75, 3.05) is 6.54 Å². The topological polar surface area (TPSA) is 161 Å². The van der Waals surface area contributed by atoms with Crippen molar-refractivity contribution >= 4 is 39.3 Å². The van der Waals surface area contributed by atoms with Gasteiger partial charge in [0, 0.05) is 23.3 Å². The maximum Gasteiger partial charge on any atom is 0.339 e. The molecule has 1 saturated carbocycles. The first kappa shape index (κ1) is 30.5. The van der Waals surface area contributed by atoms with Crippen molar-refractivity contribution in [1.29, 1.82) is 0 Å². The fraction of sp³-hybridized carbons (Fsp3) is 0.290. The van der Waals surface area contributed by atoms with Gasteiger partial charge in [-0.05, 0) is 80.6 Å². The van der Waals surface area contributed by atoms with Crippen LogP contribution in [0.2, 0.25) is 0 Å². The molecule has 1 aliphatic heterocycles. The maximum atomic E-state index is 13.7. The van der Waals surface area contributed by atoms with Crippen molar-refractivity contribution in [3.8, 4) is 5.75 Å². The Morgan fingerprint density at radius 1 is 0.909 bits per heavy atom. The standard InChI is InChI=1S/C31H29N3O9S/c1-19-3-14-25(15-4-19)44(41,42)43-24-12-8-21(9-13-24)28(35)18-32(29(36)22-6-10-23(11-7-22)34(39)40)33-30(37)26-16-5-20(2)17-27(26)31(33)38/h3-4,6-15,20,26-27H,5,16-18H2,1-2H3/t20-,26-,27-/m1/s1. The zero-order chi connectivity index (χ0) is 31.8. The van der Waals surface area contributed by atoms with Gasteiger partial charge in [-0.25, -0.2) is 5.01 Å². The van der Waals surface area contributed by atoms with E-state index in [-0.39, 0.29) is 33.4 Å². The second-order valence-electron chi connectivity index (χ2n) is 11.1. The number of imide groups is 1. The van der Waals surface area contributed by atoms with Crippen LogP contribution in [0.3, 0.4) is 0 Å². The lowest BCUT2D eigenvalue weighted by Gasteiger charge is -2.30. The zero-order valence-electron chi connectivity index (χ0n) is 23.9. The van der Waals surface area contributed by atoms with E-state index in [9.17, 15) is 37.7 Å². The highest BCUT2D eigenvalue weighted by atomic mass is 32.2. The number of nitrogens with zero attached hydrogens (tertiary/aromatic N) is 3. The van der Waals surface area contributed by atoms with Crippen LogP contribution < -0.4 is 4.18 Å². The van der Waals surface area contributed by atoms with Crippen LogP contribution in [-0.2, 0) is 19.7 Å². The summed E-state index contributed by atoms with van der Waals surface area (Å²) in [4.78, 5) is 64.5. The number of hydrazine groups is 1. The van der Waals surface area contributed by atoms with Gasteiger partial charge in [-0.3, -0.25) is 29.3 Å². The molecule has 44 heavy (non-hydrogen) atoms. The Hall–Kier alpha value is -4.91. The monoisotopic (exact) mass is 619 g/mol. The maximum absolute atomic E-state index is 13.7. The van der Waals surface area contributed by atoms with Gasteiger partial charge in [0.25, 0.3) is 23.4 Å². The summed E-state index contributed by atoms with van der Waals surface area (Å²) in [6.07, 6.45) is 1.71. The number of hydrogen-bond donors (Lipinski definition) is 0. The van der Waals surface area contributed by atoms with Crippen LogP contribution in [0.1, 0.15) is 52.5 Å². The number of ketones is 1. The smallest absolute Gasteiger partial charge is 0.339 e. The molecule has 1 heterocycles. The third-order valence-electron chi connectivity index (χ3n) is 7.95. The Labute approximate surface area is 253 Å². The number of nitro benzene ring substituents is 1. The first-order valence-corrected chi connectivity index (χ1v) is 15.3. The molecule has 1 aliphatic carbocycles. The van der Waals surface area contributed by atoms with Crippen LogP contribution in [0, 0.1) is 34.8 Å². The van der Waals surface area contributed by atoms with E-state index in [1.165, 1.54) is 48.5 Å². The number of rotatable bonds is 9. The van der Waals surface area contributed by atoms with Crippen LogP contribution >= 0.6 is 0 Å². The van der Waals surface area contributed by atoms with E-state index in [0.29, 0.717) is 12.8 Å². The highest BCUT2D eigenvalue weighted by molar-refractivity contribution is 7.87. The van der Waals surface area contributed by atoms with Crippen LogP contribution in [0.5, 0.6) is 5.75 Å².